The molecule has 4 atom stereocenters. The third-order valence-corrected chi connectivity index (χ3v) is 2.95. The minimum Gasteiger partial charge on any atom is -0.394 e. The predicted octanol–water partition coefficient (Wildman–Crippen LogP) is -1.87. The summed E-state index contributed by atoms with van der Waals surface area (Å²) in [5, 5.41) is 32.5. The minimum atomic E-state index is -1.21. The van der Waals surface area contributed by atoms with Crippen LogP contribution in [0, 0.1) is 0 Å². The Morgan fingerprint density at radius 2 is 2.28 bits per heavy atom. The Labute approximate surface area is 103 Å². The normalized spacial score (nSPS) is 32.4. The second-order valence-electron chi connectivity index (χ2n) is 4.21. The standard InChI is InChI=1S/C10H15N3O5/c1-5(15)10-11-4-13(12-10)6-3-18-7(2-14)9(17)8(6)16/h4,6-9,14,16-17H,2-3H2,1H3/t6-,7-,8+,9-/m1/s1. The van der Waals surface area contributed by atoms with Gasteiger partial charge in [0.05, 0.1) is 13.2 Å². The fourth-order valence-corrected chi connectivity index (χ4v) is 1.86. The van der Waals surface area contributed by atoms with E-state index in [4.69, 9.17) is 9.84 Å². The Hall–Kier alpha value is -1.35. The molecule has 100 valence electrons. The molecule has 0 amide bonds. The van der Waals surface area contributed by atoms with Crippen LogP contribution in [-0.4, -0.2) is 67.4 Å². The van der Waals surface area contributed by atoms with Crippen LogP contribution in [0.4, 0.5) is 0 Å². The van der Waals surface area contributed by atoms with Crippen molar-refractivity contribution in [3.8, 4) is 0 Å². The van der Waals surface area contributed by atoms with Gasteiger partial charge in [-0.15, -0.1) is 5.10 Å². The lowest BCUT2D eigenvalue weighted by Crippen LogP contribution is -2.52. The van der Waals surface area contributed by atoms with Crippen LogP contribution in [0.3, 0.4) is 0 Å². The molecule has 1 aromatic rings. The Morgan fingerprint density at radius 1 is 1.56 bits per heavy atom. The number of ketones is 1. The maximum Gasteiger partial charge on any atom is 0.216 e. The van der Waals surface area contributed by atoms with E-state index in [0.717, 1.165) is 0 Å². The van der Waals surface area contributed by atoms with E-state index in [1.54, 1.807) is 0 Å². The third-order valence-electron chi connectivity index (χ3n) is 2.95. The van der Waals surface area contributed by atoms with Crippen LogP contribution in [0.25, 0.3) is 0 Å². The molecule has 3 N–H and O–H groups in total. The highest BCUT2D eigenvalue weighted by molar-refractivity contribution is 5.89. The van der Waals surface area contributed by atoms with Crippen LogP contribution in [0.15, 0.2) is 6.33 Å². The minimum absolute atomic E-state index is 0.0426. The van der Waals surface area contributed by atoms with Gasteiger partial charge in [-0.25, -0.2) is 9.67 Å². The molecule has 0 saturated carbocycles. The summed E-state index contributed by atoms with van der Waals surface area (Å²) in [5.74, 6) is -0.241. The molecule has 0 aromatic carbocycles. The van der Waals surface area contributed by atoms with Gasteiger partial charge in [-0.3, -0.25) is 4.79 Å². The van der Waals surface area contributed by atoms with E-state index in [1.807, 2.05) is 0 Å². The Morgan fingerprint density at radius 3 is 2.83 bits per heavy atom. The van der Waals surface area contributed by atoms with Crippen molar-refractivity contribution in [2.24, 2.45) is 0 Å². The zero-order valence-corrected chi connectivity index (χ0v) is 9.80. The first-order chi connectivity index (χ1) is 8.54. The van der Waals surface area contributed by atoms with Gasteiger partial charge in [0, 0.05) is 6.92 Å². The summed E-state index contributed by atoms with van der Waals surface area (Å²) in [7, 11) is 0. The molecule has 0 spiro atoms. The van der Waals surface area contributed by atoms with E-state index in [9.17, 15) is 15.0 Å². The number of carbonyl (C=O) groups is 1. The predicted molar refractivity (Wildman–Crippen MR) is 57.9 cm³/mol. The third kappa shape index (κ3) is 2.27. The fraction of sp³-hybridized carbons (Fsp3) is 0.700. The van der Waals surface area contributed by atoms with Gasteiger partial charge in [-0.1, -0.05) is 0 Å². The van der Waals surface area contributed by atoms with E-state index < -0.39 is 24.4 Å². The van der Waals surface area contributed by atoms with Crippen LogP contribution < -0.4 is 0 Å². The van der Waals surface area contributed by atoms with Gasteiger partial charge in [0.1, 0.15) is 30.7 Å². The molecule has 8 nitrogen and oxygen atoms in total. The Bertz CT molecular complexity index is 435. The molecule has 0 bridgehead atoms. The van der Waals surface area contributed by atoms with E-state index in [0.29, 0.717) is 0 Å². The zero-order chi connectivity index (χ0) is 13.3. The van der Waals surface area contributed by atoms with E-state index in [1.165, 1.54) is 17.9 Å². The summed E-state index contributed by atoms with van der Waals surface area (Å²) in [6.45, 7) is 1.04. The number of carbonyl (C=O) groups excluding carboxylic acids is 1. The Kier molecular flexibility index (Phi) is 3.71. The summed E-state index contributed by atoms with van der Waals surface area (Å²) in [6, 6.07) is -0.636. The van der Waals surface area contributed by atoms with Gasteiger partial charge >= 0.3 is 0 Å². The number of hydrogen-bond donors (Lipinski definition) is 3. The highest BCUT2D eigenvalue weighted by Crippen LogP contribution is 2.23. The van der Waals surface area contributed by atoms with Crippen molar-refractivity contribution in [3.63, 3.8) is 0 Å². The van der Waals surface area contributed by atoms with Crippen LogP contribution in [-0.2, 0) is 4.74 Å². The number of Topliss-reactive ketones (excluding diaryl/α,β-unsaturated/α-hetero) is 1. The molecule has 2 heterocycles. The zero-order valence-electron chi connectivity index (χ0n) is 9.80. The molecule has 1 aliphatic rings. The lowest BCUT2D eigenvalue weighted by Gasteiger charge is -2.36. The van der Waals surface area contributed by atoms with Crippen LogP contribution in [0.1, 0.15) is 23.6 Å². The SMILES string of the molecule is CC(=O)c1ncn([C@@H]2CO[C@H](CO)[C@@H](O)[C@H]2O)n1. The molecule has 0 radical (unpaired) electrons. The number of nitrogens with zero attached hydrogens (tertiary/aromatic N) is 3. The van der Waals surface area contributed by atoms with Crippen molar-refractivity contribution in [1.29, 1.82) is 0 Å². The van der Waals surface area contributed by atoms with Crippen molar-refractivity contribution in [2.75, 3.05) is 13.2 Å². The number of aromatic nitrogens is 3. The molecule has 2 rings (SSSR count). The number of rotatable bonds is 3. The largest absolute Gasteiger partial charge is 0.394 e. The van der Waals surface area contributed by atoms with Gasteiger partial charge in [0.25, 0.3) is 0 Å². The molecule has 1 fully saturated rings. The molecule has 0 unspecified atom stereocenters. The fourth-order valence-electron chi connectivity index (χ4n) is 1.86. The van der Waals surface area contributed by atoms with E-state index >= 15 is 0 Å². The summed E-state index contributed by atoms with van der Waals surface area (Å²) in [4.78, 5) is 14.9. The first kappa shape index (κ1) is 13.1. The summed E-state index contributed by atoms with van der Waals surface area (Å²) in [6.07, 6.45) is -1.86. The molecule has 0 aliphatic carbocycles. The van der Waals surface area contributed by atoms with Gasteiger partial charge in [0.15, 0.2) is 5.78 Å². The van der Waals surface area contributed by atoms with Crippen molar-refractivity contribution < 1.29 is 24.9 Å². The van der Waals surface area contributed by atoms with E-state index in [2.05, 4.69) is 10.1 Å². The molecular weight excluding hydrogens is 242 g/mol. The molecule has 18 heavy (non-hydrogen) atoms. The number of ether oxygens (including phenoxy) is 1. The van der Waals surface area contributed by atoms with E-state index in [-0.39, 0.29) is 24.8 Å². The average molecular weight is 257 g/mol. The second-order valence-corrected chi connectivity index (χ2v) is 4.21. The molecule has 1 aromatic heterocycles. The molecule has 1 saturated heterocycles. The van der Waals surface area contributed by atoms with Crippen molar-refractivity contribution in [2.45, 2.75) is 31.3 Å². The maximum atomic E-state index is 11.1. The molecular formula is C10H15N3O5. The Balaban J connectivity index is 2.16. The highest BCUT2D eigenvalue weighted by Gasteiger charge is 2.39. The first-order valence-electron chi connectivity index (χ1n) is 5.55. The number of hydrogen-bond acceptors (Lipinski definition) is 7. The maximum absolute atomic E-state index is 11.1. The summed E-state index contributed by atoms with van der Waals surface area (Å²) in [5.41, 5.74) is 0. The van der Waals surface area contributed by atoms with Crippen LogP contribution in [0.5, 0.6) is 0 Å². The van der Waals surface area contributed by atoms with Crippen LogP contribution >= 0.6 is 0 Å². The summed E-state index contributed by atoms with van der Waals surface area (Å²) >= 11 is 0. The molecule has 1 aliphatic heterocycles. The monoisotopic (exact) mass is 257 g/mol. The lowest BCUT2D eigenvalue weighted by atomic mass is 9.99. The average Bonchev–Trinajstić information content (AvgIpc) is 2.82. The molecule has 8 heteroatoms. The highest BCUT2D eigenvalue weighted by atomic mass is 16.5. The topological polar surface area (TPSA) is 118 Å². The van der Waals surface area contributed by atoms with Gasteiger partial charge in [-0.2, -0.15) is 0 Å². The number of aliphatic hydroxyl groups excluding tert-OH is 3. The van der Waals surface area contributed by atoms with Crippen molar-refractivity contribution in [1.82, 2.24) is 14.8 Å². The smallest absolute Gasteiger partial charge is 0.216 e. The van der Waals surface area contributed by atoms with Crippen LogP contribution in [0.2, 0.25) is 0 Å². The van der Waals surface area contributed by atoms with Gasteiger partial charge in [0.2, 0.25) is 5.82 Å². The van der Waals surface area contributed by atoms with Gasteiger partial charge in [-0.05, 0) is 0 Å². The van der Waals surface area contributed by atoms with Crippen molar-refractivity contribution in [3.05, 3.63) is 12.2 Å². The quantitative estimate of drug-likeness (QED) is 0.543. The number of aliphatic hydroxyl groups is 3. The summed E-state index contributed by atoms with van der Waals surface area (Å²) < 4.78 is 6.50. The van der Waals surface area contributed by atoms with Gasteiger partial charge < -0.3 is 20.1 Å². The second kappa shape index (κ2) is 5.11. The lowest BCUT2D eigenvalue weighted by molar-refractivity contribution is -0.171. The van der Waals surface area contributed by atoms with Crippen molar-refractivity contribution >= 4 is 5.78 Å². The first-order valence-corrected chi connectivity index (χ1v) is 5.55.